The number of nitrogens with one attached hydrogen (secondary N) is 1. The Hall–Kier alpha value is -1.16. The fourth-order valence-electron chi connectivity index (χ4n) is 1.97. The van der Waals surface area contributed by atoms with Crippen LogP contribution >= 0.6 is 15.9 Å². The Morgan fingerprint density at radius 2 is 2.24 bits per heavy atom. The molecule has 0 saturated heterocycles. The maximum Gasteiger partial charge on any atom is 0.112 e. The highest BCUT2D eigenvalue weighted by Crippen LogP contribution is 2.32. The number of hydrogen-bond acceptors (Lipinski definition) is 3. The van der Waals surface area contributed by atoms with Gasteiger partial charge in [0, 0.05) is 23.4 Å². The second kappa shape index (κ2) is 4.61. The van der Waals surface area contributed by atoms with Gasteiger partial charge in [0.2, 0.25) is 0 Å². The van der Waals surface area contributed by atoms with Gasteiger partial charge in [-0.1, -0.05) is 12.8 Å². The Bertz CT molecular complexity index is 537. The van der Waals surface area contributed by atoms with Crippen molar-refractivity contribution < 1.29 is 0 Å². The summed E-state index contributed by atoms with van der Waals surface area (Å²) in [6.45, 7) is 1.03. The van der Waals surface area contributed by atoms with Crippen molar-refractivity contribution in [2.45, 2.75) is 19.3 Å². The fourth-order valence-corrected chi connectivity index (χ4v) is 2.28. The molecule has 2 aromatic heterocycles. The zero-order valence-electron chi connectivity index (χ0n) is 9.49. The summed E-state index contributed by atoms with van der Waals surface area (Å²) in [4.78, 5) is 8.75. The van der Waals surface area contributed by atoms with E-state index in [1.54, 1.807) is 0 Å². The first kappa shape index (κ1) is 11.0. The van der Waals surface area contributed by atoms with Crippen molar-refractivity contribution in [1.29, 1.82) is 0 Å². The van der Waals surface area contributed by atoms with Gasteiger partial charge in [0.1, 0.15) is 5.52 Å². The Balaban J connectivity index is 1.81. The molecule has 0 aliphatic heterocycles. The van der Waals surface area contributed by atoms with Crippen molar-refractivity contribution in [3.05, 3.63) is 29.0 Å². The molecule has 0 atom stereocenters. The molecule has 0 aromatic carbocycles. The minimum absolute atomic E-state index is 0.927. The number of nitrogens with zero attached hydrogens (tertiary/aromatic N) is 2. The van der Waals surface area contributed by atoms with Crippen LogP contribution in [0.4, 0.5) is 5.69 Å². The molecule has 1 aliphatic rings. The molecular weight excluding hydrogens is 278 g/mol. The largest absolute Gasteiger partial charge is 0.383 e. The van der Waals surface area contributed by atoms with E-state index in [0.29, 0.717) is 0 Å². The monoisotopic (exact) mass is 291 g/mol. The molecule has 0 radical (unpaired) electrons. The molecule has 1 N–H and O–H groups in total. The summed E-state index contributed by atoms with van der Waals surface area (Å²) in [5.41, 5.74) is 2.96. The van der Waals surface area contributed by atoms with E-state index in [1.807, 2.05) is 24.5 Å². The second-order valence-electron chi connectivity index (χ2n) is 4.54. The van der Waals surface area contributed by atoms with Crippen molar-refractivity contribution in [3.8, 4) is 0 Å². The molecule has 0 bridgehead atoms. The first-order valence-corrected chi connectivity index (χ1v) is 6.76. The first-order valence-electron chi connectivity index (χ1n) is 5.97. The number of hydrogen-bond donors (Lipinski definition) is 1. The predicted octanol–water partition coefficient (Wildman–Crippen LogP) is 3.60. The van der Waals surface area contributed by atoms with Crippen LogP contribution in [0.3, 0.4) is 0 Å². The molecule has 4 heteroatoms. The molecule has 1 saturated carbocycles. The standard InChI is InChI=1S/C13H14BrN3/c14-10-7-12-13(17-8-10)11(4-6-16-12)15-5-3-9-1-2-9/h4,6-9H,1-3,5H2,(H,15,16). The van der Waals surface area contributed by atoms with Crippen molar-refractivity contribution >= 4 is 32.7 Å². The smallest absolute Gasteiger partial charge is 0.112 e. The van der Waals surface area contributed by atoms with Crippen molar-refractivity contribution in [1.82, 2.24) is 9.97 Å². The van der Waals surface area contributed by atoms with Crippen molar-refractivity contribution in [2.24, 2.45) is 5.92 Å². The first-order chi connectivity index (χ1) is 8.33. The Morgan fingerprint density at radius 3 is 3.06 bits per heavy atom. The van der Waals surface area contributed by atoms with Gasteiger partial charge in [0.15, 0.2) is 0 Å². The van der Waals surface area contributed by atoms with E-state index in [9.17, 15) is 0 Å². The van der Waals surface area contributed by atoms with E-state index in [1.165, 1.54) is 19.3 Å². The van der Waals surface area contributed by atoms with Gasteiger partial charge in [-0.15, -0.1) is 0 Å². The second-order valence-corrected chi connectivity index (χ2v) is 5.45. The van der Waals surface area contributed by atoms with E-state index in [0.717, 1.165) is 33.7 Å². The average molecular weight is 292 g/mol. The lowest BCUT2D eigenvalue weighted by Gasteiger charge is -2.08. The van der Waals surface area contributed by atoms with Crippen LogP contribution in [0.2, 0.25) is 0 Å². The van der Waals surface area contributed by atoms with Gasteiger partial charge < -0.3 is 5.32 Å². The highest BCUT2D eigenvalue weighted by Gasteiger charge is 2.20. The van der Waals surface area contributed by atoms with E-state index in [-0.39, 0.29) is 0 Å². The zero-order valence-corrected chi connectivity index (χ0v) is 11.1. The molecule has 88 valence electrons. The predicted molar refractivity (Wildman–Crippen MR) is 73.1 cm³/mol. The van der Waals surface area contributed by atoms with Gasteiger partial charge in [0.25, 0.3) is 0 Å². The van der Waals surface area contributed by atoms with Crippen LogP contribution < -0.4 is 5.32 Å². The molecule has 2 aromatic rings. The molecule has 0 amide bonds. The summed E-state index contributed by atoms with van der Waals surface area (Å²) >= 11 is 3.41. The number of pyridine rings is 2. The lowest BCUT2D eigenvalue weighted by molar-refractivity contribution is 0.760. The summed E-state index contributed by atoms with van der Waals surface area (Å²) in [5, 5.41) is 3.46. The summed E-state index contributed by atoms with van der Waals surface area (Å²) in [7, 11) is 0. The van der Waals surface area contributed by atoms with Crippen LogP contribution in [0.5, 0.6) is 0 Å². The fraction of sp³-hybridized carbons (Fsp3) is 0.385. The van der Waals surface area contributed by atoms with Gasteiger partial charge in [-0.05, 0) is 40.4 Å². The molecule has 17 heavy (non-hydrogen) atoms. The number of rotatable bonds is 4. The van der Waals surface area contributed by atoms with E-state index >= 15 is 0 Å². The summed E-state index contributed by atoms with van der Waals surface area (Å²) < 4.78 is 0.965. The summed E-state index contributed by atoms with van der Waals surface area (Å²) in [6.07, 6.45) is 7.72. The number of halogens is 1. The average Bonchev–Trinajstić information content (AvgIpc) is 3.13. The van der Waals surface area contributed by atoms with E-state index in [2.05, 4.69) is 31.2 Å². The van der Waals surface area contributed by atoms with Crippen LogP contribution in [0.1, 0.15) is 19.3 Å². The summed E-state index contributed by atoms with van der Waals surface area (Å²) in [5.74, 6) is 0.956. The Labute approximate surface area is 109 Å². The van der Waals surface area contributed by atoms with Gasteiger partial charge >= 0.3 is 0 Å². The maximum atomic E-state index is 4.42. The van der Waals surface area contributed by atoms with Crippen LogP contribution in [-0.4, -0.2) is 16.5 Å². The number of fused-ring (bicyclic) bond motifs is 1. The molecule has 1 aliphatic carbocycles. The molecule has 3 nitrogen and oxygen atoms in total. The van der Waals surface area contributed by atoms with Gasteiger partial charge in [-0.2, -0.15) is 0 Å². The zero-order chi connectivity index (χ0) is 11.7. The molecule has 0 spiro atoms. The lowest BCUT2D eigenvalue weighted by atomic mass is 10.2. The van der Waals surface area contributed by atoms with Crippen molar-refractivity contribution in [2.75, 3.05) is 11.9 Å². The normalized spacial score (nSPS) is 15.1. The molecule has 3 rings (SSSR count). The highest BCUT2D eigenvalue weighted by molar-refractivity contribution is 9.10. The molecule has 0 unspecified atom stereocenters. The topological polar surface area (TPSA) is 37.8 Å². The van der Waals surface area contributed by atoms with E-state index in [4.69, 9.17) is 0 Å². The minimum atomic E-state index is 0.927. The quantitative estimate of drug-likeness (QED) is 0.935. The molecule has 1 fully saturated rings. The third kappa shape index (κ3) is 2.57. The third-order valence-electron chi connectivity index (χ3n) is 3.11. The number of aromatic nitrogens is 2. The SMILES string of the molecule is Brc1cnc2c(NCCC3CC3)ccnc2c1. The Morgan fingerprint density at radius 1 is 1.35 bits per heavy atom. The Kier molecular flexibility index (Phi) is 2.97. The van der Waals surface area contributed by atoms with Gasteiger partial charge in [-0.25, -0.2) is 0 Å². The van der Waals surface area contributed by atoms with Crippen LogP contribution in [-0.2, 0) is 0 Å². The van der Waals surface area contributed by atoms with Crippen molar-refractivity contribution in [3.63, 3.8) is 0 Å². The third-order valence-corrected chi connectivity index (χ3v) is 3.54. The van der Waals surface area contributed by atoms with Crippen LogP contribution in [0, 0.1) is 5.92 Å². The van der Waals surface area contributed by atoms with Gasteiger partial charge in [-0.3, -0.25) is 9.97 Å². The minimum Gasteiger partial charge on any atom is -0.383 e. The van der Waals surface area contributed by atoms with E-state index < -0.39 is 0 Å². The molecule has 2 heterocycles. The van der Waals surface area contributed by atoms with Crippen LogP contribution in [0.15, 0.2) is 29.0 Å². The maximum absolute atomic E-state index is 4.42. The number of anilines is 1. The highest BCUT2D eigenvalue weighted by atomic mass is 79.9. The molecular formula is C13H14BrN3. The van der Waals surface area contributed by atoms with Gasteiger partial charge in [0.05, 0.1) is 11.2 Å². The van der Waals surface area contributed by atoms with Crippen LogP contribution in [0.25, 0.3) is 11.0 Å². The lowest BCUT2D eigenvalue weighted by Crippen LogP contribution is -2.03. The summed E-state index contributed by atoms with van der Waals surface area (Å²) in [6, 6.07) is 3.99.